The second-order valence-electron chi connectivity index (χ2n) is 28.0. The first-order chi connectivity index (χ1) is 48.1. The molecule has 2 rings (SSSR count). The quantitative estimate of drug-likeness (QED) is 0.0162. The Balaban J connectivity index is 3.35. The maximum atomic E-state index is 15.8. The van der Waals surface area contributed by atoms with E-state index >= 15 is 14.4 Å². The van der Waals surface area contributed by atoms with Crippen LogP contribution < -0.4 is 70.0 Å². The summed E-state index contributed by atoms with van der Waals surface area (Å²) in [6.07, 6.45) is -16.9. The van der Waals surface area contributed by atoms with Crippen LogP contribution >= 0.6 is 0 Å². The number of hydrogen-bond donors (Lipinski definition) is 17. The van der Waals surface area contributed by atoms with Crippen LogP contribution in [0.3, 0.4) is 0 Å². The SMILES string of the molecule is CC[C@H](C)[C@@H]1NC(=O)[C@@H](CCCNC(=N)N)NC(=O)[C@H](CC(C)C)NC(=O)[C@H]([C@H](OC(=O)C(F)(F)F)C(C)C)NC(=O)[C@@H](NC(=O)[C@H](CC(C)C)NC(=O)[C@@H](CC(C)C)N(C)C(=O)OC(C)(C)C)[C@@H](c2ccccc2)OC(=O)[C@H](CO)NC(=O)[C@H]([C@H](O)C(N)=O)NC(=O)CNC(=O)[C@H]([C@H](C)O)NC1=O. The Morgan fingerprint density at radius 2 is 1.23 bits per heavy atom. The molecule has 1 aromatic rings. The minimum atomic E-state index is -5.79. The first kappa shape index (κ1) is 90.6. The van der Waals surface area contributed by atoms with Crippen LogP contribution in [-0.4, -0.2) is 226 Å². The minimum absolute atomic E-state index is 0.0248. The number of carbonyl (C=O) groups is 14. The van der Waals surface area contributed by atoms with Crippen molar-refractivity contribution in [3.63, 3.8) is 0 Å². The fourth-order valence-electron chi connectivity index (χ4n) is 10.4. The number of nitrogens with one attached hydrogen (secondary N) is 12. The van der Waals surface area contributed by atoms with E-state index in [2.05, 4.69) is 47.9 Å². The largest absolute Gasteiger partial charge is 0.490 e. The van der Waals surface area contributed by atoms with E-state index in [1.807, 2.05) is 10.6 Å². The summed E-state index contributed by atoms with van der Waals surface area (Å²) in [7, 11) is 1.27. The molecule has 1 aliphatic heterocycles. The number of primary amides is 1. The van der Waals surface area contributed by atoms with E-state index in [1.54, 1.807) is 69.2 Å². The summed E-state index contributed by atoms with van der Waals surface area (Å²) in [6, 6.07) is -13.8. The Bertz CT molecular complexity index is 3160. The zero-order chi connectivity index (χ0) is 79.6. The Morgan fingerprint density at radius 3 is 1.74 bits per heavy atom. The zero-order valence-electron chi connectivity index (χ0n) is 61.2. The predicted molar refractivity (Wildman–Crippen MR) is 365 cm³/mol. The van der Waals surface area contributed by atoms with Crippen molar-refractivity contribution in [2.45, 2.75) is 232 Å². The van der Waals surface area contributed by atoms with E-state index in [9.17, 15) is 81.2 Å². The molecule has 0 aliphatic carbocycles. The summed E-state index contributed by atoms with van der Waals surface area (Å²) >= 11 is 0. The molecule has 0 spiro atoms. The number of guanidine groups is 1. The smallest absolute Gasteiger partial charge is 0.453 e. The van der Waals surface area contributed by atoms with Crippen molar-refractivity contribution in [1.29, 1.82) is 5.41 Å². The highest BCUT2D eigenvalue weighted by molar-refractivity contribution is 6.00. The molecule has 15 atom stereocenters. The third-order valence-corrected chi connectivity index (χ3v) is 16.0. The molecule has 19 N–H and O–H groups in total. The lowest BCUT2D eigenvalue weighted by Gasteiger charge is -2.35. The van der Waals surface area contributed by atoms with Gasteiger partial charge in [0.15, 0.2) is 24.2 Å². The van der Waals surface area contributed by atoms with Crippen LogP contribution in [0.2, 0.25) is 0 Å². The Kier molecular flexibility index (Phi) is 36.4. The summed E-state index contributed by atoms with van der Waals surface area (Å²) in [5.74, 6) is -23.8. The van der Waals surface area contributed by atoms with Crippen molar-refractivity contribution in [1.82, 2.24) is 63.4 Å². The molecule has 1 aliphatic rings. The second-order valence-corrected chi connectivity index (χ2v) is 28.0. The van der Waals surface area contributed by atoms with Gasteiger partial charge in [-0.25, -0.2) is 14.4 Å². The normalized spacial score (nSPS) is 23.2. The van der Waals surface area contributed by atoms with Gasteiger partial charge in [-0.3, -0.25) is 63.0 Å². The number of rotatable bonds is 25. The highest BCUT2D eigenvalue weighted by atomic mass is 19.4. The standard InChI is InChI=1S/C66H106F3N15O20/c1-16-34(10)43-57(95)81-44(35(11)86)56(94)74-28-42(87)79-45(48(88)51(70)89)58(96)78-40(29-85)61(99)102-50(36-21-18-17-19-22-36)47(82-54(92)39(26-31(4)5)76-55(93)41(27-32(6)7)84(15)64(101)104-65(12,13)14)60(98)83-46(49(33(8)9)103-62(100)66(67,68)69)59(97)77-38(25-30(2)3)53(91)75-37(52(90)80-43)23-20-24-73-63(71)72/h17-19,21-22,30-35,37-41,43-50,85-86,88H,16,20,23-29H2,1-15H3,(H2,70,89)(H,74,94)(H,75,91)(H,76,93)(H,77,97)(H,78,96)(H,79,87)(H,80,90)(H,81,95)(H,82,92)(H,83,98)(H4,71,72,73)/t34-,35-,37+,38-,39-,40-,41+,43-,44-,45-,46-,47-,48-,49+,50+/m0/s1. The number of aliphatic hydroxyl groups excluding tert-OH is 3. The minimum Gasteiger partial charge on any atom is -0.453 e. The second kappa shape index (κ2) is 41.7. The molecule has 1 saturated heterocycles. The van der Waals surface area contributed by atoms with Gasteiger partial charge in [0.1, 0.15) is 66.1 Å². The Morgan fingerprint density at radius 1 is 0.692 bits per heavy atom. The average Bonchev–Trinajstić information content (AvgIpc) is 0.808. The summed E-state index contributed by atoms with van der Waals surface area (Å²) in [6.45, 7) is 18.3. The van der Waals surface area contributed by atoms with Crippen molar-refractivity contribution in [3.8, 4) is 0 Å². The summed E-state index contributed by atoms with van der Waals surface area (Å²) in [4.78, 5) is 201. The van der Waals surface area contributed by atoms with E-state index in [-0.39, 0.29) is 56.6 Å². The number of esters is 2. The van der Waals surface area contributed by atoms with Gasteiger partial charge in [-0.05, 0) is 95.0 Å². The van der Waals surface area contributed by atoms with Crippen LogP contribution in [0.5, 0.6) is 0 Å². The first-order valence-electron chi connectivity index (χ1n) is 34.0. The lowest BCUT2D eigenvalue weighted by molar-refractivity contribution is -0.208. The van der Waals surface area contributed by atoms with E-state index in [0.29, 0.717) is 0 Å². The first-order valence-corrected chi connectivity index (χ1v) is 34.0. The van der Waals surface area contributed by atoms with Crippen molar-refractivity contribution >= 4 is 89.0 Å². The number of hydrogen-bond acceptors (Lipinski definition) is 21. The number of carbonyl (C=O) groups excluding carboxylic acids is 14. The van der Waals surface area contributed by atoms with Crippen LogP contribution in [0.4, 0.5) is 18.0 Å². The van der Waals surface area contributed by atoms with Gasteiger partial charge in [0.05, 0.1) is 19.3 Å². The predicted octanol–water partition coefficient (Wildman–Crippen LogP) is -2.20. The van der Waals surface area contributed by atoms with Gasteiger partial charge in [-0.15, -0.1) is 0 Å². The molecule has 1 heterocycles. The van der Waals surface area contributed by atoms with Gasteiger partial charge in [0.25, 0.3) is 0 Å². The number of nitrogens with zero attached hydrogens (tertiary/aromatic N) is 1. The number of nitrogens with two attached hydrogens (primary N) is 2. The Labute approximate surface area is 601 Å². The molecule has 0 unspecified atom stereocenters. The number of ether oxygens (including phenoxy) is 3. The molecule has 104 heavy (non-hydrogen) atoms. The lowest BCUT2D eigenvalue weighted by Crippen LogP contribution is -2.64. The molecule has 0 bridgehead atoms. The molecular weight excluding hydrogens is 1380 g/mol. The van der Waals surface area contributed by atoms with Crippen LogP contribution in [0.15, 0.2) is 30.3 Å². The lowest BCUT2D eigenvalue weighted by atomic mass is 9.95. The fraction of sp³-hybridized carbons (Fsp3) is 0.682. The number of halogens is 3. The van der Waals surface area contributed by atoms with Gasteiger partial charge in [-0.1, -0.05) is 106 Å². The molecular formula is C66H106F3N15O20. The molecule has 0 radical (unpaired) electrons. The van der Waals surface area contributed by atoms with Crippen molar-refractivity contribution in [2.24, 2.45) is 41.1 Å². The summed E-state index contributed by atoms with van der Waals surface area (Å²) in [5.41, 5.74) is 9.52. The highest BCUT2D eigenvalue weighted by Gasteiger charge is 2.49. The van der Waals surface area contributed by atoms with Crippen LogP contribution in [-0.2, 0) is 76.5 Å². The zero-order valence-corrected chi connectivity index (χ0v) is 61.2. The fourth-order valence-corrected chi connectivity index (χ4v) is 10.4. The number of amides is 12. The Hall–Kier alpha value is -9.46. The van der Waals surface area contributed by atoms with E-state index in [4.69, 9.17) is 31.1 Å². The van der Waals surface area contributed by atoms with Gasteiger partial charge < -0.3 is 99.5 Å². The highest BCUT2D eigenvalue weighted by Crippen LogP contribution is 2.27. The summed E-state index contributed by atoms with van der Waals surface area (Å²) < 4.78 is 59.6. The third-order valence-electron chi connectivity index (χ3n) is 16.0. The van der Waals surface area contributed by atoms with Gasteiger partial charge in [0.2, 0.25) is 65.0 Å². The van der Waals surface area contributed by atoms with Crippen molar-refractivity contribution in [2.75, 3.05) is 26.7 Å². The monoisotopic (exact) mass is 1490 g/mol. The maximum Gasteiger partial charge on any atom is 0.490 e. The number of benzene rings is 1. The van der Waals surface area contributed by atoms with Gasteiger partial charge in [-0.2, -0.15) is 13.2 Å². The molecule has 586 valence electrons. The summed E-state index contributed by atoms with van der Waals surface area (Å²) in [5, 5.41) is 65.7. The molecule has 1 aromatic carbocycles. The topological polar surface area (TPSA) is 539 Å². The van der Waals surface area contributed by atoms with Gasteiger partial charge in [0, 0.05) is 13.6 Å². The van der Waals surface area contributed by atoms with Crippen LogP contribution in [0.25, 0.3) is 0 Å². The number of cyclic esters (lactones) is 1. The van der Waals surface area contributed by atoms with E-state index in [1.165, 1.54) is 44.3 Å². The van der Waals surface area contributed by atoms with Crippen LogP contribution in [0, 0.1) is 35.0 Å². The van der Waals surface area contributed by atoms with Crippen molar-refractivity contribution in [3.05, 3.63) is 35.9 Å². The number of likely N-dealkylation sites (N-methyl/N-ethyl adjacent to an activating group) is 1. The van der Waals surface area contributed by atoms with Crippen molar-refractivity contribution < 1.29 is 110 Å². The van der Waals surface area contributed by atoms with E-state index < -0.39 is 222 Å². The molecule has 38 heteroatoms. The third kappa shape index (κ3) is 29.7. The number of aliphatic hydroxyl groups is 3. The molecule has 35 nitrogen and oxygen atoms in total. The number of alkyl halides is 3. The maximum absolute atomic E-state index is 15.8. The molecule has 0 aromatic heterocycles. The average molecular weight is 1490 g/mol. The van der Waals surface area contributed by atoms with Gasteiger partial charge >= 0.3 is 24.2 Å². The molecule has 12 amide bonds. The molecule has 0 saturated carbocycles. The van der Waals surface area contributed by atoms with E-state index in [0.717, 1.165) is 25.7 Å². The van der Waals surface area contributed by atoms with Crippen LogP contribution in [0.1, 0.15) is 147 Å². The molecule has 1 fully saturated rings.